The normalized spacial score (nSPS) is 11.2. The van der Waals surface area contributed by atoms with Gasteiger partial charge in [-0.05, 0) is 30.2 Å². The summed E-state index contributed by atoms with van der Waals surface area (Å²) in [6.45, 7) is 2.60. The SMILES string of the molecule is CCCCCC(=O)c1c(N)c2ccccc2n1Cc1ccc(Cl)cc1Cl. The highest BCUT2D eigenvalue weighted by Gasteiger charge is 2.21. The Morgan fingerprint density at radius 1 is 1.12 bits per heavy atom. The lowest BCUT2D eigenvalue weighted by atomic mass is 10.1. The smallest absolute Gasteiger partial charge is 0.181 e. The number of nitrogen functional groups attached to an aromatic ring is 1. The number of halogens is 2. The number of rotatable bonds is 7. The third-order valence-electron chi connectivity index (χ3n) is 4.63. The number of para-hydroxylation sites is 1. The molecule has 0 unspecified atom stereocenters. The molecule has 0 fully saturated rings. The van der Waals surface area contributed by atoms with Crippen LogP contribution in [0, 0.1) is 0 Å². The summed E-state index contributed by atoms with van der Waals surface area (Å²) >= 11 is 12.4. The summed E-state index contributed by atoms with van der Waals surface area (Å²) < 4.78 is 1.98. The molecule has 0 aliphatic heterocycles. The Balaban J connectivity index is 2.07. The van der Waals surface area contributed by atoms with Crippen LogP contribution in [0.15, 0.2) is 42.5 Å². The maximum absolute atomic E-state index is 12.9. The molecule has 0 atom stereocenters. The molecule has 2 aromatic carbocycles. The maximum Gasteiger partial charge on any atom is 0.181 e. The number of nitrogens with two attached hydrogens (primary N) is 1. The first-order valence-electron chi connectivity index (χ1n) is 8.86. The van der Waals surface area contributed by atoms with Gasteiger partial charge in [-0.1, -0.05) is 67.2 Å². The monoisotopic (exact) mass is 388 g/mol. The number of hydrogen-bond acceptors (Lipinski definition) is 2. The predicted molar refractivity (Wildman–Crippen MR) is 110 cm³/mol. The van der Waals surface area contributed by atoms with Crippen LogP contribution >= 0.6 is 23.2 Å². The number of carbonyl (C=O) groups excluding carboxylic acids is 1. The van der Waals surface area contributed by atoms with Gasteiger partial charge < -0.3 is 10.3 Å². The molecule has 0 aliphatic carbocycles. The molecule has 2 N–H and O–H groups in total. The van der Waals surface area contributed by atoms with Crippen molar-refractivity contribution in [2.24, 2.45) is 0 Å². The van der Waals surface area contributed by atoms with Crippen molar-refractivity contribution < 1.29 is 4.79 Å². The van der Waals surface area contributed by atoms with Crippen molar-refractivity contribution in [3.8, 4) is 0 Å². The lowest BCUT2D eigenvalue weighted by molar-refractivity contribution is 0.0972. The molecule has 0 aliphatic rings. The van der Waals surface area contributed by atoms with Gasteiger partial charge in [-0.15, -0.1) is 0 Å². The number of benzene rings is 2. The number of aromatic nitrogens is 1. The van der Waals surface area contributed by atoms with Gasteiger partial charge in [0.05, 0.1) is 11.2 Å². The molecular weight excluding hydrogens is 367 g/mol. The number of carbonyl (C=O) groups is 1. The average Bonchev–Trinajstić information content (AvgIpc) is 2.90. The van der Waals surface area contributed by atoms with E-state index in [1.807, 2.05) is 34.9 Å². The van der Waals surface area contributed by atoms with E-state index in [9.17, 15) is 4.79 Å². The molecule has 3 rings (SSSR count). The molecule has 3 aromatic rings. The molecule has 0 saturated carbocycles. The summed E-state index contributed by atoms with van der Waals surface area (Å²) in [6, 6.07) is 13.2. The van der Waals surface area contributed by atoms with E-state index in [0.29, 0.717) is 34.4 Å². The quantitative estimate of drug-likeness (QED) is 0.379. The molecule has 1 heterocycles. The number of anilines is 1. The minimum Gasteiger partial charge on any atom is -0.396 e. The van der Waals surface area contributed by atoms with Crippen LogP contribution in [0.5, 0.6) is 0 Å². The third-order valence-corrected chi connectivity index (χ3v) is 5.21. The zero-order chi connectivity index (χ0) is 18.7. The van der Waals surface area contributed by atoms with Crippen molar-refractivity contribution in [3.05, 3.63) is 63.8 Å². The summed E-state index contributed by atoms with van der Waals surface area (Å²) in [5.41, 5.74) is 9.33. The Bertz CT molecular complexity index is 947. The van der Waals surface area contributed by atoms with E-state index in [0.717, 1.165) is 35.7 Å². The van der Waals surface area contributed by atoms with Crippen LogP contribution in [-0.2, 0) is 6.54 Å². The number of unbranched alkanes of at least 4 members (excludes halogenated alkanes) is 2. The zero-order valence-electron chi connectivity index (χ0n) is 14.8. The van der Waals surface area contributed by atoms with Gasteiger partial charge in [0.25, 0.3) is 0 Å². The van der Waals surface area contributed by atoms with Crippen LogP contribution in [0.25, 0.3) is 10.9 Å². The second kappa shape index (κ2) is 8.15. The summed E-state index contributed by atoms with van der Waals surface area (Å²) in [5, 5.41) is 2.07. The lowest BCUT2D eigenvalue weighted by Crippen LogP contribution is -2.12. The van der Waals surface area contributed by atoms with Crippen molar-refractivity contribution in [1.29, 1.82) is 0 Å². The van der Waals surface area contributed by atoms with Gasteiger partial charge >= 0.3 is 0 Å². The highest BCUT2D eigenvalue weighted by molar-refractivity contribution is 6.35. The van der Waals surface area contributed by atoms with Crippen LogP contribution in [0.2, 0.25) is 10.0 Å². The van der Waals surface area contributed by atoms with Gasteiger partial charge in [0, 0.05) is 28.4 Å². The van der Waals surface area contributed by atoms with Gasteiger partial charge in [0.15, 0.2) is 5.78 Å². The number of fused-ring (bicyclic) bond motifs is 1. The lowest BCUT2D eigenvalue weighted by Gasteiger charge is -2.12. The van der Waals surface area contributed by atoms with E-state index >= 15 is 0 Å². The van der Waals surface area contributed by atoms with E-state index < -0.39 is 0 Å². The number of Topliss-reactive ketones (excluding diaryl/α,β-unsaturated/α-hetero) is 1. The minimum absolute atomic E-state index is 0.0808. The molecule has 0 saturated heterocycles. The summed E-state index contributed by atoms with van der Waals surface area (Å²) in [7, 11) is 0. The van der Waals surface area contributed by atoms with E-state index in [4.69, 9.17) is 28.9 Å². The first kappa shape index (κ1) is 18.8. The number of ketones is 1. The van der Waals surface area contributed by atoms with Gasteiger partial charge in [-0.3, -0.25) is 4.79 Å². The highest BCUT2D eigenvalue weighted by atomic mass is 35.5. The van der Waals surface area contributed by atoms with Crippen molar-refractivity contribution >= 4 is 45.6 Å². The molecule has 0 amide bonds. The molecule has 0 bridgehead atoms. The molecule has 1 aromatic heterocycles. The molecule has 0 spiro atoms. The third kappa shape index (κ3) is 3.74. The van der Waals surface area contributed by atoms with Crippen LogP contribution in [0.3, 0.4) is 0 Å². The van der Waals surface area contributed by atoms with E-state index in [-0.39, 0.29) is 5.78 Å². The summed E-state index contributed by atoms with van der Waals surface area (Å²) in [4.78, 5) is 12.9. The fourth-order valence-electron chi connectivity index (χ4n) is 3.27. The standard InChI is InChI=1S/C21H22Cl2N2O/c1-2-3-4-9-19(26)21-20(24)16-7-5-6-8-18(16)25(21)13-14-10-11-15(22)12-17(14)23/h5-8,10-12H,2-4,9,13,24H2,1H3. The van der Waals surface area contributed by atoms with Crippen LogP contribution in [0.1, 0.15) is 48.7 Å². The number of nitrogens with zero attached hydrogens (tertiary/aromatic N) is 1. The fourth-order valence-corrected chi connectivity index (χ4v) is 3.74. The van der Waals surface area contributed by atoms with Crippen molar-refractivity contribution in [2.45, 2.75) is 39.2 Å². The molecule has 0 radical (unpaired) electrons. The Kier molecular flexibility index (Phi) is 5.90. The predicted octanol–water partition coefficient (Wildman–Crippen LogP) is 6.34. The minimum atomic E-state index is 0.0808. The van der Waals surface area contributed by atoms with E-state index in [1.165, 1.54) is 0 Å². The molecule has 136 valence electrons. The Labute approximate surface area is 163 Å². The Hall–Kier alpha value is -1.97. The van der Waals surface area contributed by atoms with Crippen molar-refractivity contribution in [2.75, 3.05) is 5.73 Å². The first-order valence-corrected chi connectivity index (χ1v) is 9.62. The topological polar surface area (TPSA) is 48.0 Å². The summed E-state index contributed by atoms with van der Waals surface area (Å²) in [6.07, 6.45) is 3.49. The summed E-state index contributed by atoms with van der Waals surface area (Å²) in [5.74, 6) is 0.0808. The van der Waals surface area contributed by atoms with Crippen LogP contribution in [-0.4, -0.2) is 10.4 Å². The zero-order valence-corrected chi connectivity index (χ0v) is 16.3. The van der Waals surface area contributed by atoms with Crippen molar-refractivity contribution in [3.63, 3.8) is 0 Å². The van der Waals surface area contributed by atoms with Crippen LogP contribution < -0.4 is 5.73 Å². The molecule has 3 nitrogen and oxygen atoms in total. The maximum atomic E-state index is 12.9. The Morgan fingerprint density at radius 3 is 2.62 bits per heavy atom. The Morgan fingerprint density at radius 2 is 1.88 bits per heavy atom. The van der Waals surface area contributed by atoms with Gasteiger partial charge in [0.2, 0.25) is 0 Å². The molecule has 5 heteroatoms. The molecular formula is C21H22Cl2N2O. The van der Waals surface area contributed by atoms with Gasteiger partial charge in [-0.2, -0.15) is 0 Å². The highest BCUT2D eigenvalue weighted by Crippen LogP contribution is 2.32. The number of hydrogen-bond donors (Lipinski definition) is 1. The van der Waals surface area contributed by atoms with E-state index in [1.54, 1.807) is 12.1 Å². The first-order chi connectivity index (χ1) is 12.5. The average molecular weight is 389 g/mol. The van der Waals surface area contributed by atoms with Gasteiger partial charge in [-0.25, -0.2) is 0 Å². The second-order valence-electron chi connectivity index (χ2n) is 6.48. The van der Waals surface area contributed by atoms with Crippen LogP contribution in [0.4, 0.5) is 5.69 Å². The second-order valence-corrected chi connectivity index (χ2v) is 7.33. The van der Waals surface area contributed by atoms with Gasteiger partial charge in [0.1, 0.15) is 5.69 Å². The fraction of sp³-hybridized carbons (Fsp3) is 0.286. The van der Waals surface area contributed by atoms with Crippen molar-refractivity contribution in [1.82, 2.24) is 4.57 Å². The largest absolute Gasteiger partial charge is 0.396 e. The van der Waals surface area contributed by atoms with E-state index in [2.05, 4.69) is 6.92 Å². The molecule has 26 heavy (non-hydrogen) atoms.